The van der Waals surface area contributed by atoms with Crippen LogP contribution in [-0.2, 0) is 4.79 Å². The number of nitrogens with zero attached hydrogens (tertiary/aromatic N) is 2. The van der Waals surface area contributed by atoms with Crippen molar-refractivity contribution in [3.05, 3.63) is 22.9 Å². The fraction of sp³-hybridized carbons (Fsp3) is 0.533. The monoisotopic (exact) mass is 272 g/mol. The summed E-state index contributed by atoms with van der Waals surface area (Å²) in [5.74, 6) is 0.453. The molecule has 5 heteroatoms. The van der Waals surface area contributed by atoms with Crippen molar-refractivity contribution >= 4 is 11.7 Å². The van der Waals surface area contributed by atoms with E-state index >= 15 is 0 Å². The molecule has 1 aromatic rings. The number of nitrogens with two attached hydrogens (primary N) is 1. The van der Waals surface area contributed by atoms with Crippen molar-refractivity contribution in [3.63, 3.8) is 0 Å². The Kier molecular flexibility index (Phi) is 4.23. The predicted molar refractivity (Wildman–Crippen MR) is 77.0 cm³/mol. The topological polar surface area (TPSA) is 91.8 Å². The minimum absolute atomic E-state index is 0.00399. The summed E-state index contributed by atoms with van der Waals surface area (Å²) >= 11 is 0. The van der Waals surface area contributed by atoms with E-state index in [0.717, 1.165) is 36.9 Å². The van der Waals surface area contributed by atoms with Crippen LogP contribution < -0.4 is 11.1 Å². The van der Waals surface area contributed by atoms with Gasteiger partial charge in [0, 0.05) is 17.7 Å². The number of rotatable bonds is 3. The summed E-state index contributed by atoms with van der Waals surface area (Å²) in [7, 11) is 0. The fourth-order valence-electron chi connectivity index (χ4n) is 2.80. The highest BCUT2D eigenvalue weighted by Crippen LogP contribution is 2.27. The average Bonchev–Trinajstić information content (AvgIpc) is 2.39. The predicted octanol–water partition coefficient (Wildman–Crippen LogP) is 2.03. The molecule has 5 nitrogen and oxygen atoms in total. The van der Waals surface area contributed by atoms with Crippen molar-refractivity contribution in [3.8, 4) is 6.07 Å². The molecule has 0 radical (unpaired) electrons. The van der Waals surface area contributed by atoms with E-state index in [1.165, 1.54) is 0 Å². The normalized spacial score (nSPS) is 22.1. The summed E-state index contributed by atoms with van der Waals surface area (Å²) < 4.78 is 0. The first-order valence-electron chi connectivity index (χ1n) is 6.95. The Morgan fingerprint density at radius 2 is 2.05 bits per heavy atom. The van der Waals surface area contributed by atoms with Crippen molar-refractivity contribution in [2.45, 2.75) is 45.6 Å². The first-order chi connectivity index (χ1) is 9.51. The summed E-state index contributed by atoms with van der Waals surface area (Å²) in [4.78, 5) is 15.6. The molecular weight excluding hydrogens is 252 g/mol. The van der Waals surface area contributed by atoms with Gasteiger partial charge >= 0.3 is 0 Å². The van der Waals surface area contributed by atoms with E-state index in [1.807, 2.05) is 19.9 Å². The molecule has 2 rings (SSSR count). The lowest BCUT2D eigenvalue weighted by Crippen LogP contribution is -2.32. The summed E-state index contributed by atoms with van der Waals surface area (Å²) in [5.41, 5.74) is 7.78. The summed E-state index contributed by atoms with van der Waals surface area (Å²) in [5, 5.41) is 12.6. The smallest absolute Gasteiger partial charge is 0.220 e. The van der Waals surface area contributed by atoms with Gasteiger partial charge in [-0.25, -0.2) is 4.98 Å². The zero-order valence-corrected chi connectivity index (χ0v) is 11.9. The molecule has 1 amide bonds. The maximum atomic E-state index is 11.2. The molecule has 3 N–H and O–H groups in total. The third-order valence-electron chi connectivity index (χ3n) is 3.93. The van der Waals surface area contributed by atoms with Crippen molar-refractivity contribution in [2.75, 3.05) is 5.32 Å². The molecule has 1 aromatic heterocycles. The van der Waals surface area contributed by atoms with Gasteiger partial charge in [0.25, 0.3) is 0 Å². The SMILES string of the molecule is Cc1cc(C)c(C#N)c(NC2CCC(C(N)=O)CC2)n1. The second-order valence-electron chi connectivity index (χ2n) is 5.51. The highest BCUT2D eigenvalue weighted by atomic mass is 16.1. The number of nitrogens with one attached hydrogen (secondary N) is 1. The van der Waals surface area contributed by atoms with Crippen LogP contribution in [0, 0.1) is 31.1 Å². The number of anilines is 1. The third-order valence-corrected chi connectivity index (χ3v) is 3.93. The van der Waals surface area contributed by atoms with Gasteiger partial charge in [-0.3, -0.25) is 4.79 Å². The minimum Gasteiger partial charge on any atom is -0.369 e. The van der Waals surface area contributed by atoms with Crippen LogP contribution in [0.4, 0.5) is 5.82 Å². The van der Waals surface area contributed by atoms with Crippen LogP contribution in [0.3, 0.4) is 0 Å². The van der Waals surface area contributed by atoms with Gasteiger partial charge in [0.1, 0.15) is 11.9 Å². The second kappa shape index (κ2) is 5.91. The molecule has 106 valence electrons. The Bertz CT molecular complexity index is 554. The number of nitriles is 1. The molecule has 0 aliphatic heterocycles. The van der Waals surface area contributed by atoms with E-state index in [1.54, 1.807) is 0 Å². The van der Waals surface area contributed by atoms with Gasteiger partial charge in [-0.15, -0.1) is 0 Å². The van der Waals surface area contributed by atoms with Gasteiger partial charge in [0.15, 0.2) is 0 Å². The van der Waals surface area contributed by atoms with Crippen molar-refractivity contribution in [1.29, 1.82) is 5.26 Å². The number of carbonyl (C=O) groups is 1. The van der Waals surface area contributed by atoms with Gasteiger partial charge in [-0.05, 0) is 51.2 Å². The van der Waals surface area contributed by atoms with Crippen LogP contribution in [0.1, 0.15) is 42.5 Å². The lowest BCUT2D eigenvalue weighted by molar-refractivity contribution is -0.122. The van der Waals surface area contributed by atoms with Crippen LogP contribution in [-0.4, -0.2) is 16.9 Å². The van der Waals surface area contributed by atoms with Gasteiger partial charge < -0.3 is 11.1 Å². The molecule has 0 atom stereocenters. The largest absolute Gasteiger partial charge is 0.369 e. The van der Waals surface area contributed by atoms with E-state index in [4.69, 9.17) is 5.73 Å². The maximum Gasteiger partial charge on any atom is 0.220 e. The number of amides is 1. The van der Waals surface area contributed by atoms with Crippen molar-refractivity contribution in [2.24, 2.45) is 11.7 Å². The van der Waals surface area contributed by atoms with Crippen LogP contribution in [0.15, 0.2) is 6.07 Å². The number of aryl methyl sites for hydroxylation is 2. The number of pyridine rings is 1. The quantitative estimate of drug-likeness (QED) is 0.880. The molecule has 1 fully saturated rings. The first-order valence-corrected chi connectivity index (χ1v) is 6.95. The highest BCUT2D eigenvalue weighted by Gasteiger charge is 2.25. The minimum atomic E-state index is -0.203. The first kappa shape index (κ1) is 14.3. The molecule has 1 heterocycles. The summed E-state index contributed by atoms with van der Waals surface area (Å²) in [6, 6.07) is 4.37. The van der Waals surface area contributed by atoms with E-state index in [9.17, 15) is 10.1 Å². The summed E-state index contributed by atoms with van der Waals surface area (Å²) in [6.45, 7) is 3.84. The molecule has 1 aliphatic rings. The van der Waals surface area contributed by atoms with E-state index in [-0.39, 0.29) is 17.9 Å². The Labute approximate surface area is 119 Å². The van der Waals surface area contributed by atoms with Gasteiger partial charge in [-0.1, -0.05) is 0 Å². The van der Waals surface area contributed by atoms with E-state index in [2.05, 4.69) is 16.4 Å². The summed E-state index contributed by atoms with van der Waals surface area (Å²) in [6.07, 6.45) is 3.37. The number of carbonyl (C=O) groups excluding carboxylic acids is 1. The lowest BCUT2D eigenvalue weighted by atomic mass is 9.85. The third kappa shape index (κ3) is 3.08. The second-order valence-corrected chi connectivity index (χ2v) is 5.51. The standard InChI is InChI=1S/C15H20N4O/c1-9-7-10(2)18-15(13(9)8-16)19-12-5-3-11(4-6-12)14(17)20/h7,11-12H,3-6H2,1-2H3,(H2,17,20)(H,18,19). The van der Waals surface area contributed by atoms with Crippen LogP contribution in [0.5, 0.6) is 0 Å². The molecule has 0 bridgehead atoms. The molecule has 0 unspecified atom stereocenters. The number of hydrogen-bond acceptors (Lipinski definition) is 4. The molecule has 0 saturated heterocycles. The maximum absolute atomic E-state index is 11.2. The molecule has 20 heavy (non-hydrogen) atoms. The van der Waals surface area contributed by atoms with Gasteiger partial charge in [0.05, 0.1) is 5.56 Å². The van der Waals surface area contributed by atoms with Crippen LogP contribution >= 0.6 is 0 Å². The Hall–Kier alpha value is -2.09. The number of hydrogen-bond donors (Lipinski definition) is 2. The highest BCUT2D eigenvalue weighted by molar-refractivity contribution is 5.76. The van der Waals surface area contributed by atoms with E-state index < -0.39 is 0 Å². The van der Waals surface area contributed by atoms with Gasteiger partial charge in [0.2, 0.25) is 5.91 Å². The fourth-order valence-corrected chi connectivity index (χ4v) is 2.80. The molecule has 1 saturated carbocycles. The zero-order valence-electron chi connectivity index (χ0n) is 11.9. The van der Waals surface area contributed by atoms with Crippen LogP contribution in [0.25, 0.3) is 0 Å². The van der Waals surface area contributed by atoms with Crippen LogP contribution in [0.2, 0.25) is 0 Å². The molecular formula is C15H20N4O. The lowest BCUT2D eigenvalue weighted by Gasteiger charge is -2.28. The van der Waals surface area contributed by atoms with Crippen molar-refractivity contribution < 1.29 is 4.79 Å². The molecule has 1 aliphatic carbocycles. The number of primary amides is 1. The molecule has 0 aromatic carbocycles. The zero-order chi connectivity index (χ0) is 14.7. The Morgan fingerprint density at radius 3 is 2.60 bits per heavy atom. The van der Waals surface area contributed by atoms with Crippen molar-refractivity contribution in [1.82, 2.24) is 4.98 Å². The average molecular weight is 272 g/mol. The molecule has 0 spiro atoms. The number of aromatic nitrogens is 1. The Morgan fingerprint density at radius 1 is 1.40 bits per heavy atom. The Balaban J connectivity index is 2.09. The van der Waals surface area contributed by atoms with Gasteiger partial charge in [-0.2, -0.15) is 5.26 Å². The van der Waals surface area contributed by atoms with E-state index in [0.29, 0.717) is 11.4 Å².